The Balaban J connectivity index is -0.000000418. The number of hydrogen-bond acceptors (Lipinski definition) is 24. The highest BCUT2D eigenvalue weighted by Gasteiger charge is 2.10. The molecule has 26 nitrogen and oxygen atoms in total. The van der Waals surface area contributed by atoms with Gasteiger partial charge in [0.05, 0.1) is 65.5 Å². The molecule has 0 aliphatic carbocycles. The van der Waals surface area contributed by atoms with Gasteiger partial charge in [-0.2, -0.15) is 0 Å². The van der Waals surface area contributed by atoms with Crippen LogP contribution < -0.4 is 51.6 Å². The van der Waals surface area contributed by atoms with E-state index in [0.717, 1.165) is 202 Å². The lowest BCUT2D eigenvalue weighted by Crippen LogP contribution is -2.39. The standard InChI is InChI=1S/C7H18N2O2.C7H16N2O.C7H16N2.C7H18N2.C6H11N3.C6H16N2O2.C6H14N2O.C5H9N3.C5H14N2/c8-2-1-3-9(4-6-10)5-7-11;8-2-1-3-9-4-6-10-7-5-9;8-4-7-9-5-2-1-3-6-9;1-3-9(4-2)7-5-6-8;7-2-1-4-9-5-3-8-6-9;7-1-2-8(3-5-9)4-6-10;7-1-2-8-3-5-9-6-4-8;6-2-1-5-3-7-4-8-5;1-7(2)5-3-4-6/h10-11H,1-8H2;1-8H2;1-8H2;3-8H2,1-2H3;3,5-6H,1-2,4,7H2;9-10H,1-7H2;1-7H2;3-4H,1-2,6H2,(H,7,8);3-6H2,1-2H3. The van der Waals surface area contributed by atoms with Gasteiger partial charge < -0.3 is 106 Å². The van der Waals surface area contributed by atoms with E-state index in [1.54, 1.807) is 25.0 Å². The Morgan fingerprint density at radius 1 is 0.476 bits per heavy atom. The SMILES string of the molecule is CCN(CC)CCCN.CN(C)CCCN.NCCCN(CCO)CCO.NCCCN1CCOCC1.NCCCn1ccnc1.NCCN(CCO)CCO.NCCN1CCCCC1.NCCN1CCOCC1.NCCc1cnc[nH]1. The fraction of sp³-hybridized carbons (Fsp3) is 0.893. The number of aliphatic hydroxyl groups is 4. The van der Waals surface area contributed by atoms with Gasteiger partial charge in [0.25, 0.3) is 0 Å². The first-order valence-electron chi connectivity index (χ1n) is 30.8. The molecule has 5 rings (SSSR count). The minimum atomic E-state index is 0.125. The van der Waals surface area contributed by atoms with Crippen LogP contribution in [-0.4, -0.2) is 324 Å². The van der Waals surface area contributed by atoms with Gasteiger partial charge in [0.15, 0.2) is 0 Å². The van der Waals surface area contributed by atoms with E-state index in [-0.39, 0.29) is 26.4 Å². The molecule has 0 radical (unpaired) electrons. The van der Waals surface area contributed by atoms with Gasteiger partial charge in [-0.3, -0.25) is 19.6 Å². The van der Waals surface area contributed by atoms with E-state index in [9.17, 15) is 0 Å². The fourth-order valence-corrected chi connectivity index (χ4v) is 7.78. The number of aliphatic hydroxyl groups excluding tert-OH is 4. The van der Waals surface area contributed by atoms with Crippen LogP contribution in [0.15, 0.2) is 31.2 Å². The molecule has 5 heterocycles. The summed E-state index contributed by atoms with van der Waals surface area (Å²) >= 11 is 0. The van der Waals surface area contributed by atoms with Gasteiger partial charge >= 0.3 is 0 Å². The molecule has 0 unspecified atom stereocenters. The van der Waals surface area contributed by atoms with E-state index >= 15 is 0 Å². The zero-order valence-electron chi connectivity index (χ0n) is 52.7. The van der Waals surface area contributed by atoms with E-state index in [0.29, 0.717) is 45.8 Å². The summed E-state index contributed by atoms with van der Waals surface area (Å²) in [5, 5.41) is 34.3. The van der Waals surface area contributed by atoms with Gasteiger partial charge in [-0.1, -0.05) is 20.3 Å². The number of piperidine rings is 1. The third-order valence-corrected chi connectivity index (χ3v) is 12.5. The molecule has 0 bridgehead atoms. The molecule has 2 aromatic rings. The van der Waals surface area contributed by atoms with Crippen LogP contribution in [0.25, 0.3) is 0 Å². The van der Waals surface area contributed by atoms with Gasteiger partial charge in [0.2, 0.25) is 0 Å². The minimum Gasteiger partial charge on any atom is -0.395 e. The molecular weight excluding hydrogens is 1050 g/mol. The van der Waals surface area contributed by atoms with Crippen LogP contribution in [0.3, 0.4) is 0 Å². The number of aromatic amines is 1. The number of aromatic nitrogens is 4. The summed E-state index contributed by atoms with van der Waals surface area (Å²) in [6.45, 7) is 34.8. The van der Waals surface area contributed by atoms with Crippen molar-refractivity contribution in [1.29, 1.82) is 0 Å². The molecule has 2 aromatic heterocycles. The number of H-pyrrole nitrogens is 1. The molecule has 26 heteroatoms. The van der Waals surface area contributed by atoms with Crippen molar-refractivity contribution in [2.24, 2.45) is 51.6 Å². The quantitative estimate of drug-likeness (QED) is 0.0337. The van der Waals surface area contributed by atoms with Crippen LogP contribution in [0.4, 0.5) is 0 Å². The lowest BCUT2D eigenvalue weighted by molar-refractivity contribution is 0.0377. The maximum atomic E-state index is 8.61. The number of likely N-dealkylation sites (tertiary alicyclic amines) is 1. The molecule has 3 aliphatic heterocycles. The van der Waals surface area contributed by atoms with Crippen molar-refractivity contribution in [3.05, 3.63) is 36.9 Å². The number of morpholine rings is 2. The predicted molar refractivity (Wildman–Crippen MR) is 341 cm³/mol. The van der Waals surface area contributed by atoms with E-state index in [1.165, 1.54) is 32.4 Å². The smallest absolute Gasteiger partial charge is 0.0945 e. The molecule has 82 heavy (non-hydrogen) atoms. The molecule has 3 fully saturated rings. The van der Waals surface area contributed by atoms with E-state index < -0.39 is 0 Å². The van der Waals surface area contributed by atoms with Gasteiger partial charge in [-0.05, 0) is 151 Å². The van der Waals surface area contributed by atoms with E-state index in [4.69, 9.17) is 81.5 Å². The van der Waals surface area contributed by atoms with Crippen LogP contribution in [0.2, 0.25) is 0 Å². The summed E-state index contributed by atoms with van der Waals surface area (Å²) < 4.78 is 12.4. The number of aryl methyl sites for hydroxylation is 1. The second-order valence-electron chi connectivity index (χ2n) is 19.7. The number of rotatable bonds is 33. The number of nitrogens with one attached hydrogen (secondary N) is 1. The van der Waals surface area contributed by atoms with Crippen molar-refractivity contribution < 1.29 is 29.9 Å². The van der Waals surface area contributed by atoms with Crippen LogP contribution in [0, 0.1) is 0 Å². The second-order valence-corrected chi connectivity index (χ2v) is 19.7. The minimum absolute atomic E-state index is 0.125. The normalized spacial score (nSPS) is 14.4. The van der Waals surface area contributed by atoms with Gasteiger partial charge in [0, 0.05) is 129 Å². The van der Waals surface area contributed by atoms with Gasteiger partial charge in [0.1, 0.15) is 0 Å². The van der Waals surface area contributed by atoms with Crippen molar-refractivity contribution in [3.8, 4) is 0 Å². The maximum absolute atomic E-state index is 8.61. The van der Waals surface area contributed by atoms with Gasteiger partial charge in [-0.15, -0.1) is 0 Å². The number of ether oxygens (including phenoxy) is 2. The number of nitrogens with zero attached hydrogens (tertiary/aromatic N) is 10. The Morgan fingerprint density at radius 3 is 1.28 bits per heavy atom. The summed E-state index contributed by atoms with van der Waals surface area (Å²) in [6, 6.07) is 0. The van der Waals surface area contributed by atoms with Crippen LogP contribution in [0.5, 0.6) is 0 Å². The number of nitrogens with two attached hydrogens (primary N) is 9. The molecule has 492 valence electrons. The first kappa shape index (κ1) is 86.0. The van der Waals surface area contributed by atoms with Crippen molar-refractivity contribution in [2.75, 3.05) is 250 Å². The number of imidazole rings is 2. The zero-order chi connectivity index (χ0) is 61.8. The zero-order valence-corrected chi connectivity index (χ0v) is 52.7. The molecule has 0 atom stereocenters. The summed E-state index contributed by atoms with van der Waals surface area (Å²) in [4.78, 5) is 26.3. The highest BCUT2D eigenvalue weighted by Crippen LogP contribution is 2.07. The highest BCUT2D eigenvalue weighted by molar-refractivity contribution is 4.93. The molecule has 23 N–H and O–H groups in total. The topological polar surface area (TPSA) is 403 Å². The van der Waals surface area contributed by atoms with Crippen molar-refractivity contribution in [2.45, 2.75) is 78.2 Å². The first-order valence-corrected chi connectivity index (χ1v) is 30.8. The third kappa shape index (κ3) is 65.1. The molecular formula is C56H132N20O6. The monoisotopic (exact) mass is 1180 g/mol. The molecule has 3 aliphatic rings. The Morgan fingerprint density at radius 2 is 0.915 bits per heavy atom. The molecule has 0 aromatic carbocycles. The van der Waals surface area contributed by atoms with Crippen molar-refractivity contribution in [1.82, 2.24) is 53.8 Å². The number of hydrogen-bond donors (Lipinski definition) is 14. The summed E-state index contributed by atoms with van der Waals surface area (Å²) in [5.74, 6) is 0. The second kappa shape index (κ2) is 72.8. The van der Waals surface area contributed by atoms with Crippen LogP contribution in [0.1, 0.15) is 70.9 Å². The fourth-order valence-electron chi connectivity index (χ4n) is 7.78. The van der Waals surface area contributed by atoms with Gasteiger partial charge in [-0.25, -0.2) is 9.97 Å². The summed E-state index contributed by atoms with van der Waals surface area (Å²) in [6.07, 6.45) is 19.3. The summed E-state index contributed by atoms with van der Waals surface area (Å²) in [5.41, 5.74) is 49.1. The average molecular weight is 1180 g/mol. The summed E-state index contributed by atoms with van der Waals surface area (Å²) in [7, 11) is 4.10. The van der Waals surface area contributed by atoms with Crippen molar-refractivity contribution >= 4 is 0 Å². The maximum Gasteiger partial charge on any atom is 0.0945 e. The Hall–Kier alpha value is -2.46. The third-order valence-electron chi connectivity index (χ3n) is 12.5. The largest absolute Gasteiger partial charge is 0.395 e. The lowest BCUT2D eigenvalue weighted by Gasteiger charge is -2.26. The molecule has 3 saturated heterocycles. The van der Waals surface area contributed by atoms with Crippen LogP contribution >= 0.6 is 0 Å². The average Bonchev–Trinajstić information content (AvgIpc) is 4.24. The van der Waals surface area contributed by atoms with E-state index in [1.807, 2.05) is 20.6 Å². The molecule has 0 amide bonds. The Bertz CT molecular complexity index is 1320. The molecule has 0 spiro atoms. The predicted octanol–water partition coefficient (Wildman–Crippen LogP) is -3.05. The molecule has 0 saturated carbocycles. The van der Waals surface area contributed by atoms with Crippen LogP contribution in [-0.2, 0) is 22.4 Å². The Kier molecular flexibility index (Phi) is 76.3. The lowest BCUT2D eigenvalue weighted by atomic mass is 10.1. The van der Waals surface area contributed by atoms with E-state index in [2.05, 4.69) is 67.4 Å². The van der Waals surface area contributed by atoms with Crippen molar-refractivity contribution in [3.63, 3.8) is 0 Å². The highest BCUT2D eigenvalue weighted by atomic mass is 16.5. The first-order chi connectivity index (χ1) is 40.0. The Labute approximate surface area is 499 Å².